The van der Waals surface area contributed by atoms with Gasteiger partial charge in [-0.1, -0.05) is 26.7 Å². The smallest absolute Gasteiger partial charge is 0.123 e. The average molecular weight is 154 g/mol. The van der Waals surface area contributed by atoms with Gasteiger partial charge in [-0.15, -0.1) is 0 Å². The van der Waals surface area contributed by atoms with Gasteiger partial charge in [-0.2, -0.15) is 0 Å². The third-order valence-electron chi connectivity index (χ3n) is 2.89. The molecule has 0 aromatic rings. The van der Waals surface area contributed by atoms with Crippen molar-refractivity contribution in [1.29, 1.82) is 0 Å². The maximum absolute atomic E-state index is 10.5. The Morgan fingerprint density at radius 1 is 1.36 bits per heavy atom. The van der Waals surface area contributed by atoms with Gasteiger partial charge in [-0.05, 0) is 24.7 Å². The molecule has 1 heteroatoms. The van der Waals surface area contributed by atoms with Crippen LogP contribution in [0.15, 0.2) is 0 Å². The van der Waals surface area contributed by atoms with Crippen molar-refractivity contribution >= 4 is 6.29 Å². The minimum absolute atomic E-state index is 0.371. The van der Waals surface area contributed by atoms with Gasteiger partial charge in [0, 0.05) is 5.92 Å². The highest BCUT2D eigenvalue weighted by atomic mass is 16.1. The van der Waals surface area contributed by atoms with Crippen LogP contribution in [-0.4, -0.2) is 6.29 Å². The molecule has 0 spiro atoms. The molecule has 2 unspecified atom stereocenters. The Kier molecular flexibility index (Phi) is 3.10. The van der Waals surface area contributed by atoms with E-state index >= 15 is 0 Å². The van der Waals surface area contributed by atoms with Gasteiger partial charge in [0.15, 0.2) is 0 Å². The van der Waals surface area contributed by atoms with E-state index in [1.54, 1.807) is 0 Å². The van der Waals surface area contributed by atoms with Gasteiger partial charge in [0.05, 0.1) is 0 Å². The van der Waals surface area contributed by atoms with Crippen LogP contribution in [0.2, 0.25) is 0 Å². The van der Waals surface area contributed by atoms with E-state index in [0.29, 0.717) is 5.92 Å². The number of aldehydes is 1. The highest BCUT2D eigenvalue weighted by Crippen LogP contribution is 2.32. The predicted molar refractivity (Wildman–Crippen MR) is 46.4 cm³/mol. The van der Waals surface area contributed by atoms with Crippen LogP contribution in [0.3, 0.4) is 0 Å². The molecule has 64 valence electrons. The first-order chi connectivity index (χ1) is 5.24. The zero-order valence-corrected chi connectivity index (χ0v) is 7.55. The zero-order valence-electron chi connectivity index (χ0n) is 7.55. The van der Waals surface area contributed by atoms with Gasteiger partial charge in [-0.3, -0.25) is 0 Å². The number of hydrogen-bond acceptors (Lipinski definition) is 1. The lowest BCUT2D eigenvalue weighted by atomic mass is 9.77. The second-order valence-corrected chi connectivity index (χ2v) is 4.07. The summed E-state index contributed by atoms with van der Waals surface area (Å²) in [6, 6.07) is 0. The summed E-state index contributed by atoms with van der Waals surface area (Å²) in [5, 5.41) is 0. The molecule has 1 rings (SSSR count). The summed E-state index contributed by atoms with van der Waals surface area (Å²) in [4.78, 5) is 10.5. The lowest BCUT2D eigenvalue weighted by Gasteiger charge is -2.28. The Labute approximate surface area is 69.2 Å². The summed E-state index contributed by atoms with van der Waals surface area (Å²) in [6.07, 6.45) is 6.01. The van der Waals surface area contributed by atoms with E-state index in [0.717, 1.165) is 31.0 Å². The van der Waals surface area contributed by atoms with Gasteiger partial charge in [-0.25, -0.2) is 0 Å². The van der Waals surface area contributed by atoms with Crippen molar-refractivity contribution in [3.8, 4) is 0 Å². The average Bonchev–Trinajstić information content (AvgIpc) is 2.05. The monoisotopic (exact) mass is 154 g/mol. The van der Waals surface area contributed by atoms with Gasteiger partial charge >= 0.3 is 0 Å². The molecule has 11 heavy (non-hydrogen) atoms. The first-order valence-electron chi connectivity index (χ1n) is 4.69. The second-order valence-electron chi connectivity index (χ2n) is 4.07. The van der Waals surface area contributed by atoms with Crippen molar-refractivity contribution in [3.63, 3.8) is 0 Å². The van der Waals surface area contributed by atoms with Crippen molar-refractivity contribution in [1.82, 2.24) is 0 Å². The third kappa shape index (κ3) is 2.32. The SMILES string of the molecule is CC(C)C1CCCC(C=O)C1. The quantitative estimate of drug-likeness (QED) is 0.559. The number of rotatable bonds is 2. The van der Waals surface area contributed by atoms with Gasteiger partial charge in [0.1, 0.15) is 6.29 Å². The fraction of sp³-hybridized carbons (Fsp3) is 0.900. The van der Waals surface area contributed by atoms with Crippen molar-refractivity contribution in [3.05, 3.63) is 0 Å². The highest BCUT2D eigenvalue weighted by Gasteiger charge is 2.23. The van der Waals surface area contributed by atoms with Crippen LogP contribution in [0.5, 0.6) is 0 Å². The van der Waals surface area contributed by atoms with Crippen LogP contribution in [0.4, 0.5) is 0 Å². The van der Waals surface area contributed by atoms with E-state index in [1.807, 2.05) is 0 Å². The van der Waals surface area contributed by atoms with E-state index in [2.05, 4.69) is 13.8 Å². The molecule has 0 bridgehead atoms. The van der Waals surface area contributed by atoms with E-state index < -0.39 is 0 Å². The van der Waals surface area contributed by atoms with Crippen molar-refractivity contribution in [2.45, 2.75) is 39.5 Å². The maximum Gasteiger partial charge on any atom is 0.123 e. The van der Waals surface area contributed by atoms with Crippen LogP contribution in [0.25, 0.3) is 0 Å². The van der Waals surface area contributed by atoms with Crippen LogP contribution < -0.4 is 0 Å². The molecule has 0 aromatic carbocycles. The van der Waals surface area contributed by atoms with Gasteiger partial charge in [0.25, 0.3) is 0 Å². The molecule has 0 amide bonds. The van der Waals surface area contributed by atoms with E-state index in [-0.39, 0.29) is 0 Å². The molecule has 1 nitrogen and oxygen atoms in total. The van der Waals surface area contributed by atoms with E-state index in [1.165, 1.54) is 12.8 Å². The Morgan fingerprint density at radius 2 is 2.09 bits per heavy atom. The Bertz CT molecular complexity index is 129. The van der Waals surface area contributed by atoms with Crippen LogP contribution in [0.1, 0.15) is 39.5 Å². The summed E-state index contributed by atoms with van der Waals surface area (Å²) >= 11 is 0. The molecule has 1 aliphatic rings. The Morgan fingerprint density at radius 3 is 2.64 bits per heavy atom. The molecular weight excluding hydrogens is 136 g/mol. The van der Waals surface area contributed by atoms with Crippen molar-refractivity contribution in [2.24, 2.45) is 17.8 Å². The lowest BCUT2D eigenvalue weighted by Crippen LogP contribution is -2.20. The molecule has 1 aliphatic carbocycles. The summed E-state index contributed by atoms with van der Waals surface area (Å²) in [5.41, 5.74) is 0. The minimum Gasteiger partial charge on any atom is -0.303 e. The van der Waals surface area contributed by atoms with E-state index in [4.69, 9.17) is 0 Å². The first-order valence-corrected chi connectivity index (χ1v) is 4.69. The maximum atomic E-state index is 10.5. The summed E-state index contributed by atoms with van der Waals surface area (Å²) in [7, 11) is 0. The fourth-order valence-electron chi connectivity index (χ4n) is 2.00. The molecule has 0 saturated heterocycles. The highest BCUT2D eigenvalue weighted by molar-refractivity contribution is 5.53. The Hall–Kier alpha value is -0.330. The number of carbonyl (C=O) groups is 1. The van der Waals surface area contributed by atoms with Crippen molar-refractivity contribution in [2.75, 3.05) is 0 Å². The minimum atomic E-state index is 0.371. The first kappa shape index (κ1) is 8.76. The van der Waals surface area contributed by atoms with Crippen LogP contribution in [0, 0.1) is 17.8 Å². The molecule has 0 N–H and O–H groups in total. The summed E-state index contributed by atoms with van der Waals surface area (Å²) < 4.78 is 0. The van der Waals surface area contributed by atoms with Gasteiger partial charge in [0.2, 0.25) is 0 Å². The molecule has 1 saturated carbocycles. The van der Waals surface area contributed by atoms with Crippen LogP contribution >= 0.6 is 0 Å². The topological polar surface area (TPSA) is 17.1 Å². The second kappa shape index (κ2) is 3.89. The van der Waals surface area contributed by atoms with Crippen LogP contribution in [-0.2, 0) is 4.79 Å². The molecular formula is C10H18O. The lowest BCUT2D eigenvalue weighted by molar-refractivity contribution is -0.112. The van der Waals surface area contributed by atoms with Gasteiger partial charge < -0.3 is 4.79 Å². The number of hydrogen-bond donors (Lipinski definition) is 0. The third-order valence-corrected chi connectivity index (χ3v) is 2.89. The molecule has 0 aliphatic heterocycles. The number of carbonyl (C=O) groups excluding carboxylic acids is 1. The molecule has 1 fully saturated rings. The van der Waals surface area contributed by atoms with Crippen molar-refractivity contribution < 1.29 is 4.79 Å². The summed E-state index contributed by atoms with van der Waals surface area (Å²) in [5.74, 6) is 1.94. The van der Waals surface area contributed by atoms with E-state index in [9.17, 15) is 4.79 Å². The fourth-order valence-corrected chi connectivity index (χ4v) is 2.00. The Balaban J connectivity index is 2.39. The standard InChI is InChI=1S/C10H18O/c1-8(2)10-5-3-4-9(6-10)7-11/h7-10H,3-6H2,1-2H3. The summed E-state index contributed by atoms with van der Waals surface area (Å²) in [6.45, 7) is 4.52. The molecule has 0 heterocycles. The molecule has 0 aromatic heterocycles. The zero-order chi connectivity index (χ0) is 8.27. The normalized spacial score (nSPS) is 32.3. The predicted octanol–water partition coefficient (Wildman–Crippen LogP) is 2.65. The largest absolute Gasteiger partial charge is 0.303 e. The molecule has 0 radical (unpaired) electrons. The molecule has 2 atom stereocenters.